The molecule has 2 aliphatic rings. The molecule has 5 atom stereocenters. The maximum atomic E-state index is 12.2. The average Bonchev–Trinajstić information content (AvgIpc) is 2.60. The fourth-order valence-corrected chi connectivity index (χ4v) is 3.36. The zero-order chi connectivity index (χ0) is 13.5. The predicted octanol–water partition coefficient (Wildman–Crippen LogP) is 2.19. The smallest absolute Gasteiger partial charge is 0.223 e. The van der Waals surface area contributed by atoms with E-state index in [9.17, 15) is 9.90 Å². The van der Waals surface area contributed by atoms with Crippen LogP contribution in [0.15, 0.2) is 0 Å². The highest BCUT2D eigenvalue weighted by atomic mass is 16.3. The second-order valence-electron chi connectivity index (χ2n) is 7.38. The lowest BCUT2D eigenvalue weighted by Gasteiger charge is -2.42. The van der Waals surface area contributed by atoms with Crippen molar-refractivity contribution >= 4 is 5.91 Å². The lowest BCUT2D eigenvalue weighted by molar-refractivity contribution is -0.129. The van der Waals surface area contributed by atoms with Crippen molar-refractivity contribution in [3.05, 3.63) is 0 Å². The topological polar surface area (TPSA) is 49.3 Å². The summed E-state index contributed by atoms with van der Waals surface area (Å²) in [5.41, 5.74) is 0.0243. The summed E-state index contributed by atoms with van der Waals surface area (Å²) in [6.45, 7) is 8.65. The second kappa shape index (κ2) is 4.84. The Morgan fingerprint density at radius 1 is 1.33 bits per heavy atom. The fraction of sp³-hybridized carbons (Fsp3) is 0.933. The number of carbonyl (C=O) groups is 1. The van der Waals surface area contributed by atoms with E-state index in [2.05, 4.69) is 26.1 Å². The van der Waals surface area contributed by atoms with Crippen LogP contribution in [-0.2, 0) is 4.79 Å². The molecule has 18 heavy (non-hydrogen) atoms. The minimum Gasteiger partial charge on any atom is -0.396 e. The predicted molar refractivity (Wildman–Crippen MR) is 72.0 cm³/mol. The van der Waals surface area contributed by atoms with Crippen LogP contribution in [0.25, 0.3) is 0 Å². The second-order valence-corrected chi connectivity index (χ2v) is 7.38. The summed E-state index contributed by atoms with van der Waals surface area (Å²) in [6.07, 6.45) is 3.36. The minimum atomic E-state index is 0.0243. The van der Waals surface area contributed by atoms with Gasteiger partial charge in [-0.25, -0.2) is 0 Å². The summed E-state index contributed by atoms with van der Waals surface area (Å²) in [4.78, 5) is 12.2. The van der Waals surface area contributed by atoms with E-state index in [-0.39, 0.29) is 17.2 Å². The Morgan fingerprint density at radius 2 is 2.00 bits per heavy atom. The fourth-order valence-electron chi connectivity index (χ4n) is 3.36. The molecule has 104 valence electrons. The Balaban J connectivity index is 1.84. The molecular weight excluding hydrogens is 226 g/mol. The lowest BCUT2D eigenvalue weighted by Crippen LogP contribution is -2.52. The number of fused-ring (bicyclic) bond motifs is 1. The van der Waals surface area contributed by atoms with Crippen LogP contribution in [0.2, 0.25) is 0 Å². The molecular formula is C15H27NO2. The molecule has 0 spiro atoms. The van der Waals surface area contributed by atoms with Crippen LogP contribution in [0.1, 0.15) is 47.0 Å². The Hall–Kier alpha value is -0.570. The van der Waals surface area contributed by atoms with Gasteiger partial charge in [0.15, 0.2) is 0 Å². The third-order valence-electron chi connectivity index (χ3n) is 5.20. The summed E-state index contributed by atoms with van der Waals surface area (Å²) in [6, 6.07) is 0.365. The third kappa shape index (κ3) is 2.56. The summed E-state index contributed by atoms with van der Waals surface area (Å²) in [7, 11) is 0. The van der Waals surface area contributed by atoms with Gasteiger partial charge in [-0.05, 0) is 42.4 Å². The molecule has 3 heteroatoms. The summed E-state index contributed by atoms with van der Waals surface area (Å²) < 4.78 is 0. The quantitative estimate of drug-likeness (QED) is 0.810. The van der Waals surface area contributed by atoms with Crippen molar-refractivity contribution < 1.29 is 9.90 Å². The number of hydrogen-bond acceptors (Lipinski definition) is 2. The van der Waals surface area contributed by atoms with Crippen LogP contribution in [0.4, 0.5) is 0 Å². The highest BCUT2D eigenvalue weighted by Gasteiger charge is 2.48. The number of rotatable bonds is 3. The molecule has 0 radical (unpaired) electrons. The van der Waals surface area contributed by atoms with Gasteiger partial charge in [0.05, 0.1) is 0 Å². The first kappa shape index (κ1) is 13.9. The largest absolute Gasteiger partial charge is 0.396 e. The first-order valence-electron chi connectivity index (χ1n) is 7.24. The van der Waals surface area contributed by atoms with E-state index < -0.39 is 0 Å². The Morgan fingerprint density at radius 3 is 2.56 bits per heavy atom. The molecule has 5 unspecified atom stereocenters. The Bertz CT molecular complexity index is 321. The first-order chi connectivity index (χ1) is 8.32. The van der Waals surface area contributed by atoms with E-state index in [0.29, 0.717) is 24.5 Å². The van der Waals surface area contributed by atoms with Crippen LogP contribution in [0, 0.1) is 29.1 Å². The summed E-state index contributed by atoms with van der Waals surface area (Å²) in [5.74, 6) is 2.09. The Labute approximate surface area is 110 Å². The normalized spacial score (nSPS) is 36.7. The van der Waals surface area contributed by atoms with Gasteiger partial charge in [-0.2, -0.15) is 0 Å². The molecule has 0 aromatic carbocycles. The van der Waals surface area contributed by atoms with Crippen LogP contribution in [0.5, 0.6) is 0 Å². The van der Waals surface area contributed by atoms with E-state index in [0.717, 1.165) is 25.2 Å². The summed E-state index contributed by atoms with van der Waals surface area (Å²) in [5, 5.41) is 12.4. The van der Waals surface area contributed by atoms with Crippen molar-refractivity contribution in [3.8, 4) is 0 Å². The highest BCUT2D eigenvalue weighted by molar-refractivity contribution is 5.79. The van der Waals surface area contributed by atoms with Gasteiger partial charge in [-0.3, -0.25) is 4.79 Å². The SMILES string of the molecule is CC(C(=O)NC1CC2CC(CO)CC21)C(C)(C)C. The van der Waals surface area contributed by atoms with Gasteiger partial charge >= 0.3 is 0 Å². The van der Waals surface area contributed by atoms with Gasteiger partial charge in [0.25, 0.3) is 0 Å². The molecule has 2 N–H and O–H groups in total. The molecule has 2 fully saturated rings. The average molecular weight is 253 g/mol. The van der Waals surface area contributed by atoms with Gasteiger partial charge in [0.2, 0.25) is 5.91 Å². The molecule has 0 heterocycles. The van der Waals surface area contributed by atoms with Gasteiger partial charge in [-0.1, -0.05) is 27.7 Å². The third-order valence-corrected chi connectivity index (χ3v) is 5.20. The molecule has 0 aromatic rings. The number of hydrogen-bond donors (Lipinski definition) is 2. The molecule has 2 saturated carbocycles. The zero-order valence-corrected chi connectivity index (χ0v) is 12.1. The molecule has 1 amide bonds. The van der Waals surface area contributed by atoms with E-state index in [1.165, 1.54) is 0 Å². The molecule has 0 bridgehead atoms. The van der Waals surface area contributed by atoms with Crippen molar-refractivity contribution in [1.29, 1.82) is 0 Å². The Kier molecular flexibility index (Phi) is 3.72. The highest BCUT2D eigenvalue weighted by Crippen LogP contribution is 2.49. The van der Waals surface area contributed by atoms with E-state index in [1.54, 1.807) is 0 Å². The van der Waals surface area contributed by atoms with Gasteiger partial charge in [0, 0.05) is 18.6 Å². The van der Waals surface area contributed by atoms with Crippen molar-refractivity contribution in [2.24, 2.45) is 29.1 Å². The van der Waals surface area contributed by atoms with Crippen molar-refractivity contribution in [1.82, 2.24) is 5.32 Å². The summed E-state index contributed by atoms with van der Waals surface area (Å²) >= 11 is 0. The monoisotopic (exact) mass is 253 g/mol. The standard InChI is InChI=1S/C15H27NO2/c1-9(15(2,3)4)14(18)16-13-7-11-5-10(8-17)6-12(11)13/h9-13,17H,5-8H2,1-4H3,(H,16,18). The van der Waals surface area contributed by atoms with Crippen LogP contribution in [0.3, 0.4) is 0 Å². The molecule has 2 rings (SSSR count). The number of amides is 1. The maximum Gasteiger partial charge on any atom is 0.223 e. The number of nitrogens with one attached hydrogen (secondary N) is 1. The number of aliphatic hydroxyl groups excluding tert-OH is 1. The van der Waals surface area contributed by atoms with E-state index >= 15 is 0 Å². The van der Waals surface area contributed by atoms with E-state index in [4.69, 9.17) is 0 Å². The van der Waals surface area contributed by atoms with Crippen LogP contribution in [-0.4, -0.2) is 23.7 Å². The van der Waals surface area contributed by atoms with Crippen LogP contribution < -0.4 is 5.32 Å². The molecule has 0 aromatic heterocycles. The van der Waals surface area contributed by atoms with Gasteiger partial charge in [0.1, 0.15) is 0 Å². The minimum absolute atomic E-state index is 0.0243. The van der Waals surface area contributed by atoms with Gasteiger partial charge < -0.3 is 10.4 Å². The van der Waals surface area contributed by atoms with E-state index in [1.807, 2.05) is 6.92 Å². The van der Waals surface area contributed by atoms with Crippen molar-refractivity contribution in [2.75, 3.05) is 6.61 Å². The first-order valence-corrected chi connectivity index (χ1v) is 7.24. The van der Waals surface area contributed by atoms with Gasteiger partial charge in [-0.15, -0.1) is 0 Å². The number of aliphatic hydroxyl groups is 1. The lowest BCUT2D eigenvalue weighted by atomic mass is 9.71. The zero-order valence-electron chi connectivity index (χ0n) is 12.1. The molecule has 0 saturated heterocycles. The number of carbonyl (C=O) groups excluding carboxylic acids is 1. The molecule has 3 nitrogen and oxygen atoms in total. The maximum absolute atomic E-state index is 12.2. The molecule has 0 aliphatic heterocycles. The van der Waals surface area contributed by atoms with Crippen LogP contribution >= 0.6 is 0 Å². The van der Waals surface area contributed by atoms with Crippen molar-refractivity contribution in [2.45, 2.75) is 53.0 Å². The van der Waals surface area contributed by atoms with Crippen molar-refractivity contribution in [3.63, 3.8) is 0 Å². The molecule has 2 aliphatic carbocycles.